The number of hydrogen-bond acceptors (Lipinski definition) is 3. The number of benzene rings is 1. The van der Waals surface area contributed by atoms with Gasteiger partial charge in [0, 0.05) is 11.7 Å². The van der Waals surface area contributed by atoms with Crippen LogP contribution < -0.4 is 11.1 Å². The van der Waals surface area contributed by atoms with E-state index in [9.17, 15) is 9.18 Å². The van der Waals surface area contributed by atoms with Gasteiger partial charge in [-0.3, -0.25) is 9.69 Å². The van der Waals surface area contributed by atoms with Gasteiger partial charge in [-0.1, -0.05) is 13.8 Å². The molecule has 2 unspecified atom stereocenters. The van der Waals surface area contributed by atoms with Crippen LogP contribution in [0.1, 0.15) is 33.6 Å². The van der Waals surface area contributed by atoms with Crippen LogP contribution in [0, 0.1) is 11.7 Å². The van der Waals surface area contributed by atoms with Crippen molar-refractivity contribution >= 4 is 17.3 Å². The van der Waals surface area contributed by atoms with E-state index in [0.717, 1.165) is 19.4 Å². The molecule has 21 heavy (non-hydrogen) atoms. The molecule has 1 aliphatic heterocycles. The first-order chi connectivity index (χ1) is 9.90. The van der Waals surface area contributed by atoms with Gasteiger partial charge in [0.05, 0.1) is 11.7 Å². The van der Waals surface area contributed by atoms with Crippen LogP contribution in [0.25, 0.3) is 0 Å². The van der Waals surface area contributed by atoms with Gasteiger partial charge in [-0.15, -0.1) is 0 Å². The minimum absolute atomic E-state index is 0.146. The Balaban J connectivity index is 2.07. The summed E-state index contributed by atoms with van der Waals surface area (Å²) in [6.07, 6.45) is 2.22. The zero-order chi connectivity index (χ0) is 15.6. The summed E-state index contributed by atoms with van der Waals surface area (Å²) in [6.45, 7) is 7.13. The normalized spacial score (nSPS) is 20.7. The number of carbonyl (C=O) groups excluding carboxylic acids is 1. The second kappa shape index (κ2) is 6.43. The second-order valence-electron chi connectivity index (χ2n) is 6.10. The Morgan fingerprint density at radius 1 is 1.43 bits per heavy atom. The van der Waals surface area contributed by atoms with Gasteiger partial charge < -0.3 is 11.1 Å². The average Bonchev–Trinajstić information content (AvgIpc) is 2.91. The summed E-state index contributed by atoms with van der Waals surface area (Å²) in [7, 11) is 0. The van der Waals surface area contributed by atoms with E-state index in [1.165, 1.54) is 18.2 Å². The van der Waals surface area contributed by atoms with Gasteiger partial charge in [-0.05, 0) is 50.4 Å². The Morgan fingerprint density at radius 3 is 2.81 bits per heavy atom. The first-order valence-electron chi connectivity index (χ1n) is 7.51. The molecule has 1 amide bonds. The zero-order valence-electron chi connectivity index (χ0n) is 12.9. The van der Waals surface area contributed by atoms with E-state index in [2.05, 4.69) is 24.1 Å². The quantitative estimate of drug-likeness (QED) is 0.839. The number of carbonyl (C=O) groups is 1. The van der Waals surface area contributed by atoms with Crippen LogP contribution in [0.2, 0.25) is 0 Å². The molecular formula is C16H24FN3O. The smallest absolute Gasteiger partial charge is 0.241 e. The molecule has 1 saturated heterocycles. The van der Waals surface area contributed by atoms with E-state index in [1.54, 1.807) is 0 Å². The van der Waals surface area contributed by atoms with Crippen molar-refractivity contribution in [2.24, 2.45) is 5.92 Å². The fourth-order valence-corrected chi connectivity index (χ4v) is 3.04. The van der Waals surface area contributed by atoms with E-state index in [4.69, 9.17) is 5.73 Å². The van der Waals surface area contributed by atoms with Crippen molar-refractivity contribution < 1.29 is 9.18 Å². The summed E-state index contributed by atoms with van der Waals surface area (Å²) in [5.41, 5.74) is 6.21. The van der Waals surface area contributed by atoms with Crippen molar-refractivity contribution in [2.75, 3.05) is 17.6 Å². The van der Waals surface area contributed by atoms with Crippen LogP contribution >= 0.6 is 0 Å². The predicted octanol–water partition coefficient (Wildman–Crippen LogP) is 2.86. The highest BCUT2D eigenvalue weighted by molar-refractivity contribution is 5.95. The van der Waals surface area contributed by atoms with Gasteiger partial charge >= 0.3 is 0 Å². The molecule has 0 radical (unpaired) electrons. The molecular weight excluding hydrogens is 269 g/mol. The van der Waals surface area contributed by atoms with E-state index < -0.39 is 5.82 Å². The molecule has 1 aromatic carbocycles. The number of nitrogen functional groups attached to an aromatic ring is 1. The molecule has 0 aromatic heterocycles. The molecule has 2 rings (SSSR count). The molecule has 3 N–H and O–H groups in total. The largest absolute Gasteiger partial charge is 0.399 e. The highest BCUT2D eigenvalue weighted by Gasteiger charge is 2.33. The lowest BCUT2D eigenvalue weighted by atomic mass is 10.0. The highest BCUT2D eigenvalue weighted by atomic mass is 19.1. The van der Waals surface area contributed by atoms with Crippen molar-refractivity contribution in [3.8, 4) is 0 Å². The first-order valence-corrected chi connectivity index (χ1v) is 7.51. The maximum absolute atomic E-state index is 13.7. The molecule has 0 bridgehead atoms. The average molecular weight is 293 g/mol. The molecule has 0 aliphatic carbocycles. The maximum Gasteiger partial charge on any atom is 0.241 e. The topological polar surface area (TPSA) is 58.4 Å². The molecule has 5 heteroatoms. The molecule has 1 aliphatic rings. The Labute approximate surface area is 125 Å². The third-order valence-corrected chi connectivity index (χ3v) is 4.24. The summed E-state index contributed by atoms with van der Waals surface area (Å²) < 4.78 is 13.7. The molecule has 116 valence electrons. The van der Waals surface area contributed by atoms with Gasteiger partial charge in [-0.25, -0.2) is 4.39 Å². The number of nitrogens with one attached hydrogen (secondary N) is 1. The van der Waals surface area contributed by atoms with Crippen LogP contribution in [0.3, 0.4) is 0 Å². The molecule has 2 atom stereocenters. The summed E-state index contributed by atoms with van der Waals surface area (Å²) >= 11 is 0. The molecule has 0 spiro atoms. The second-order valence-corrected chi connectivity index (χ2v) is 6.10. The van der Waals surface area contributed by atoms with Crippen LogP contribution in [-0.4, -0.2) is 29.4 Å². The fourth-order valence-electron chi connectivity index (χ4n) is 3.04. The lowest BCUT2D eigenvalue weighted by molar-refractivity contribution is -0.121. The van der Waals surface area contributed by atoms with Crippen LogP contribution in [0.15, 0.2) is 18.2 Å². The van der Waals surface area contributed by atoms with Gasteiger partial charge in [-0.2, -0.15) is 0 Å². The van der Waals surface area contributed by atoms with Gasteiger partial charge in [0.1, 0.15) is 5.82 Å². The van der Waals surface area contributed by atoms with E-state index in [0.29, 0.717) is 17.6 Å². The predicted molar refractivity (Wildman–Crippen MR) is 83.5 cm³/mol. The lowest BCUT2D eigenvalue weighted by Gasteiger charge is -2.32. The SMILES string of the molecule is CC(C)C1CCCN1C(C)C(=O)Nc1cc(N)ccc1F. The first kappa shape index (κ1) is 15.8. The minimum Gasteiger partial charge on any atom is -0.399 e. The molecule has 0 saturated carbocycles. The maximum atomic E-state index is 13.7. The number of anilines is 2. The zero-order valence-corrected chi connectivity index (χ0v) is 12.9. The molecule has 1 aromatic rings. The summed E-state index contributed by atoms with van der Waals surface area (Å²) in [6, 6.07) is 4.33. The standard InChI is InChI=1S/C16H24FN3O/c1-10(2)15-5-4-8-20(15)11(3)16(21)19-14-9-12(18)6-7-13(14)17/h6-7,9-11,15H,4-5,8,18H2,1-3H3,(H,19,21). The summed E-state index contributed by atoms with van der Waals surface area (Å²) in [4.78, 5) is 14.6. The Morgan fingerprint density at radius 2 is 2.14 bits per heavy atom. The number of hydrogen-bond donors (Lipinski definition) is 2. The Bertz CT molecular complexity index is 518. The van der Waals surface area contributed by atoms with Gasteiger partial charge in [0.2, 0.25) is 5.91 Å². The van der Waals surface area contributed by atoms with Crippen LogP contribution in [0.5, 0.6) is 0 Å². The van der Waals surface area contributed by atoms with Crippen LogP contribution in [-0.2, 0) is 4.79 Å². The lowest BCUT2D eigenvalue weighted by Crippen LogP contribution is -2.46. The van der Waals surface area contributed by atoms with E-state index in [-0.39, 0.29) is 17.6 Å². The Hall–Kier alpha value is -1.62. The fraction of sp³-hybridized carbons (Fsp3) is 0.562. The van der Waals surface area contributed by atoms with Gasteiger partial charge in [0.15, 0.2) is 0 Å². The number of halogens is 1. The molecule has 4 nitrogen and oxygen atoms in total. The summed E-state index contributed by atoms with van der Waals surface area (Å²) in [5.74, 6) is -0.148. The van der Waals surface area contributed by atoms with E-state index in [1.807, 2.05) is 6.92 Å². The number of amides is 1. The van der Waals surface area contributed by atoms with Crippen LogP contribution in [0.4, 0.5) is 15.8 Å². The molecule has 1 heterocycles. The van der Waals surface area contributed by atoms with E-state index >= 15 is 0 Å². The Kier molecular flexibility index (Phi) is 4.83. The third-order valence-electron chi connectivity index (χ3n) is 4.24. The van der Waals surface area contributed by atoms with Crippen molar-refractivity contribution in [1.29, 1.82) is 0 Å². The number of nitrogens with two attached hydrogens (primary N) is 1. The number of likely N-dealkylation sites (tertiary alicyclic amines) is 1. The van der Waals surface area contributed by atoms with Crippen molar-refractivity contribution in [3.63, 3.8) is 0 Å². The van der Waals surface area contributed by atoms with Gasteiger partial charge in [0.25, 0.3) is 0 Å². The van der Waals surface area contributed by atoms with Crippen molar-refractivity contribution in [3.05, 3.63) is 24.0 Å². The van der Waals surface area contributed by atoms with Crippen molar-refractivity contribution in [2.45, 2.75) is 45.7 Å². The third kappa shape index (κ3) is 3.53. The number of nitrogens with zero attached hydrogens (tertiary/aromatic N) is 1. The monoisotopic (exact) mass is 293 g/mol. The number of rotatable bonds is 4. The molecule has 1 fully saturated rings. The van der Waals surface area contributed by atoms with Crippen molar-refractivity contribution in [1.82, 2.24) is 4.90 Å². The highest BCUT2D eigenvalue weighted by Crippen LogP contribution is 2.26. The minimum atomic E-state index is -0.466. The summed E-state index contributed by atoms with van der Waals surface area (Å²) in [5, 5.41) is 2.65.